The summed E-state index contributed by atoms with van der Waals surface area (Å²) in [5.41, 5.74) is 3.09. The molecular formula is C25H19BrN2O4. The molecule has 3 aromatic carbocycles. The third-order valence-electron chi connectivity index (χ3n) is 4.90. The second-order valence-electron chi connectivity index (χ2n) is 7.26. The van der Waals surface area contributed by atoms with Crippen molar-refractivity contribution < 1.29 is 19.1 Å². The van der Waals surface area contributed by atoms with Gasteiger partial charge in [0.25, 0.3) is 11.8 Å². The van der Waals surface area contributed by atoms with Gasteiger partial charge in [-0.25, -0.2) is 9.69 Å². The Kier molecular flexibility index (Phi) is 6.18. The zero-order valence-corrected chi connectivity index (χ0v) is 18.8. The largest absolute Gasteiger partial charge is 0.488 e. The van der Waals surface area contributed by atoms with E-state index < -0.39 is 17.8 Å². The summed E-state index contributed by atoms with van der Waals surface area (Å²) >= 11 is 3.48. The molecule has 6 nitrogen and oxygen atoms in total. The third kappa shape index (κ3) is 4.63. The van der Waals surface area contributed by atoms with Crippen LogP contribution in [0.5, 0.6) is 5.75 Å². The Labute approximate surface area is 193 Å². The Morgan fingerprint density at radius 3 is 2.38 bits per heavy atom. The number of amides is 4. The van der Waals surface area contributed by atoms with E-state index in [4.69, 9.17) is 4.74 Å². The number of imide groups is 2. The average Bonchev–Trinajstić information content (AvgIpc) is 2.78. The van der Waals surface area contributed by atoms with Crippen molar-refractivity contribution in [3.63, 3.8) is 0 Å². The minimum absolute atomic E-state index is 0.131. The normalized spacial score (nSPS) is 15.1. The van der Waals surface area contributed by atoms with Crippen LogP contribution in [0.25, 0.3) is 6.08 Å². The average molecular weight is 491 g/mol. The number of rotatable bonds is 5. The van der Waals surface area contributed by atoms with Crippen LogP contribution in [0.4, 0.5) is 10.5 Å². The predicted octanol–water partition coefficient (Wildman–Crippen LogP) is 5.00. The molecule has 1 heterocycles. The maximum Gasteiger partial charge on any atom is 0.335 e. The number of anilines is 1. The molecular weight excluding hydrogens is 472 g/mol. The number of nitrogens with one attached hydrogen (secondary N) is 1. The molecule has 0 unspecified atom stereocenters. The van der Waals surface area contributed by atoms with Crippen LogP contribution in [0.1, 0.15) is 16.7 Å². The maximum atomic E-state index is 12.9. The van der Waals surface area contributed by atoms with Gasteiger partial charge in [-0.15, -0.1) is 0 Å². The summed E-state index contributed by atoms with van der Waals surface area (Å²) in [6, 6.07) is 21.0. The lowest BCUT2D eigenvalue weighted by molar-refractivity contribution is -0.122. The van der Waals surface area contributed by atoms with Gasteiger partial charge in [-0.05, 0) is 64.3 Å². The van der Waals surface area contributed by atoms with Crippen molar-refractivity contribution in [3.8, 4) is 5.75 Å². The molecule has 0 bridgehead atoms. The summed E-state index contributed by atoms with van der Waals surface area (Å²) in [5.74, 6) is -0.781. The summed E-state index contributed by atoms with van der Waals surface area (Å²) in [4.78, 5) is 38.5. The molecule has 0 atom stereocenters. The van der Waals surface area contributed by atoms with Gasteiger partial charge in [0.05, 0.1) is 10.2 Å². The lowest BCUT2D eigenvalue weighted by Gasteiger charge is -2.26. The van der Waals surface area contributed by atoms with Crippen molar-refractivity contribution in [2.45, 2.75) is 13.5 Å². The number of barbiturate groups is 1. The summed E-state index contributed by atoms with van der Waals surface area (Å²) < 4.78 is 6.55. The highest BCUT2D eigenvalue weighted by atomic mass is 79.9. The number of hydrogen-bond acceptors (Lipinski definition) is 4. The molecule has 160 valence electrons. The smallest absolute Gasteiger partial charge is 0.335 e. The molecule has 1 saturated heterocycles. The second kappa shape index (κ2) is 9.20. The zero-order chi connectivity index (χ0) is 22.7. The van der Waals surface area contributed by atoms with Gasteiger partial charge in [0.2, 0.25) is 0 Å². The number of nitrogens with zero attached hydrogens (tertiary/aromatic N) is 1. The fraction of sp³-hybridized carbons (Fsp3) is 0.0800. The summed E-state index contributed by atoms with van der Waals surface area (Å²) in [6.45, 7) is 2.44. The molecule has 1 aliphatic rings. The Balaban J connectivity index is 1.55. The first kappa shape index (κ1) is 21.5. The van der Waals surface area contributed by atoms with Crippen molar-refractivity contribution in [2.75, 3.05) is 4.90 Å². The van der Waals surface area contributed by atoms with Gasteiger partial charge < -0.3 is 4.74 Å². The van der Waals surface area contributed by atoms with Crippen LogP contribution in [-0.2, 0) is 16.2 Å². The molecule has 1 fully saturated rings. The van der Waals surface area contributed by atoms with Gasteiger partial charge in [0.1, 0.15) is 17.9 Å². The predicted molar refractivity (Wildman–Crippen MR) is 125 cm³/mol. The number of halogens is 1. The van der Waals surface area contributed by atoms with E-state index in [1.165, 1.54) is 11.6 Å². The van der Waals surface area contributed by atoms with Crippen LogP contribution in [0.15, 0.2) is 82.8 Å². The fourth-order valence-corrected chi connectivity index (χ4v) is 3.72. The van der Waals surface area contributed by atoms with Crippen LogP contribution < -0.4 is 15.0 Å². The van der Waals surface area contributed by atoms with Crippen molar-refractivity contribution >= 4 is 45.5 Å². The third-order valence-corrected chi connectivity index (χ3v) is 5.52. The number of benzene rings is 3. The zero-order valence-electron chi connectivity index (χ0n) is 17.2. The van der Waals surface area contributed by atoms with Crippen LogP contribution >= 0.6 is 15.9 Å². The number of aryl methyl sites for hydroxylation is 1. The van der Waals surface area contributed by atoms with Crippen molar-refractivity contribution in [1.29, 1.82) is 0 Å². The number of urea groups is 1. The quantitative estimate of drug-likeness (QED) is 0.403. The van der Waals surface area contributed by atoms with E-state index >= 15 is 0 Å². The minimum Gasteiger partial charge on any atom is -0.488 e. The highest BCUT2D eigenvalue weighted by Gasteiger charge is 2.36. The van der Waals surface area contributed by atoms with Crippen LogP contribution in [0.3, 0.4) is 0 Å². The van der Waals surface area contributed by atoms with E-state index in [9.17, 15) is 14.4 Å². The van der Waals surface area contributed by atoms with Crippen molar-refractivity contribution in [3.05, 3.63) is 99.5 Å². The van der Waals surface area contributed by atoms with E-state index in [1.807, 2.05) is 31.2 Å². The molecule has 7 heteroatoms. The highest BCUT2D eigenvalue weighted by molar-refractivity contribution is 9.10. The molecule has 0 saturated carbocycles. The van der Waals surface area contributed by atoms with Crippen LogP contribution in [0, 0.1) is 6.92 Å². The van der Waals surface area contributed by atoms with Gasteiger partial charge in [0, 0.05) is 0 Å². The highest BCUT2D eigenvalue weighted by Crippen LogP contribution is 2.29. The van der Waals surface area contributed by atoms with Crippen molar-refractivity contribution in [1.82, 2.24) is 5.32 Å². The molecule has 4 rings (SSSR count). The number of carbonyl (C=O) groups is 3. The van der Waals surface area contributed by atoms with E-state index in [2.05, 4.69) is 21.2 Å². The molecule has 0 spiro atoms. The standard InChI is InChI=1S/C25H19BrN2O4/c1-16-7-9-17(10-8-16)15-32-22-12-11-18(14-21(22)26)13-20-23(29)27-25(31)28(24(20)30)19-5-3-2-4-6-19/h2-14H,15H2,1H3,(H,27,29,31)/b20-13+. The monoisotopic (exact) mass is 490 g/mol. The number of hydrogen-bond donors (Lipinski definition) is 1. The Morgan fingerprint density at radius 1 is 0.969 bits per heavy atom. The molecule has 4 amide bonds. The minimum atomic E-state index is -0.774. The molecule has 3 aromatic rings. The molecule has 1 N–H and O–H groups in total. The van der Waals surface area contributed by atoms with E-state index in [0.29, 0.717) is 28.1 Å². The summed E-state index contributed by atoms with van der Waals surface area (Å²) in [7, 11) is 0. The fourth-order valence-electron chi connectivity index (χ4n) is 3.20. The Hall–Kier alpha value is -3.71. The van der Waals surface area contributed by atoms with E-state index in [0.717, 1.165) is 10.5 Å². The van der Waals surface area contributed by atoms with Gasteiger partial charge >= 0.3 is 6.03 Å². The lowest BCUT2D eigenvalue weighted by Crippen LogP contribution is -2.54. The molecule has 0 aliphatic carbocycles. The van der Waals surface area contributed by atoms with Crippen molar-refractivity contribution in [2.24, 2.45) is 0 Å². The second-order valence-corrected chi connectivity index (χ2v) is 8.11. The number of ether oxygens (including phenoxy) is 1. The Morgan fingerprint density at radius 2 is 1.69 bits per heavy atom. The summed E-state index contributed by atoms with van der Waals surface area (Å²) in [6.07, 6.45) is 1.45. The maximum absolute atomic E-state index is 12.9. The lowest BCUT2D eigenvalue weighted by atomic mass is 10.1. The summed E-state index contributed by atoms with van der Waals surface area (Å²) in [5, 5.41) is 2.22. The first-order valence-electron chi connectivity index (χ1n) is 9.87. The number of carbonyl (C=O) groups excluding carboxylic acids is 3. The van der Waals surface area contributed by atoms with E-state index in [1.54, 1.807) is 48.5 Å². The Bertz CT molecular complexity index is 1220. The van der Waals surface area contributed by atoms with E-state index in [-0.39, 0.29) is 5.57 Å². The first-order valence-corrected chi connectivity index (χ1v) is 10.7. The topological polar surface area (TPSA) is 75.7 Å². The number of para-hydroxylation sites is 1. The molecule has 0 aromatic heterocycles. The van der Waals surface area contributed by atoms with Crippen LogP contribution in [-0.4, -0.2) is 17.8 Å². The van der Waals surface area contributed by atoms with Gasteiger partial charge in [-0.2, -0.15) is 0 Å². The van der Waals surface area contributed by atoms with Gasteiger partial charge in [-0.3, -0.25) is 14.9 Å². The van der Waals surface area contributed by atoms with Gasteiger partial charge in [0.15, 0.2) is 0 Å². The molecule has 0 radical (unpaired) electrons. The first-order chi connectivity index (χ1) is 15.4. The molecule has 32 heavy (non-hydrogen) atoms. The van der Waals surface area contributed by atoms with Gasteiger partial charge in [-0.1, -0.05) is 54.1 Å². The molecule has 1 aliphatic heterocycles. The van der Waals surface area contributed by atoms with Crippen LogP contribution in [0.2, 0.25) is 0 Å². The SMILES string of the molecule is Cc1ccc(COc2ccc(/C=C3\C(=O)NC(=O)N(c4ccccc4)C3=O)cc2Br)cc1.